The Morgan fingerprint density at radius 3 is 2.64 bits per heavy atom. The molecule has 0 saturated heterocycles. The summed E-state index contributed by atoms with van der Waals surface area (Å²) in [6, 6.07) is 10.7. The van der Waals surface area contributed by atoms with Crippen LogP contribution in [0.15, 0.2) is 42.5 Å². The van der Waals surface area contributed by atoms with Crippen LogP contribution in [0.25, 0.3) is 10.9 Å². The molecule has 0 spiro atoms. The number of carbonyl (C=O) groups excluding carboxylic acids is 1. The number of halogens is 2. The second-order valence-electron chi connectivity index (χ2n) is 5.18. The lowest BCUT2D eigenvalue weighted by Gasteiger charge is -2.12. The number of pyridine rings is 1. The smallest absolute Gasteiger partial charge is 0.258 e. The van der Waals surface area contributed by atoms with Crippen molar-refractivity contribution in [1.29, 1.82) is 0 Å². The Bertz CT molecular complexity index is 962. The SMILES string of the molecule is COc1ccc(NC(=O)c2cc3ccc(F)cc3nc2Cl)c(OC)c1. The molecule has 0 bridgehead atoms. The minimum absolute atomic E-state index is 0.0110. The van der Waals surface area contributed by atoms with E-state index in [1.54, 1.807) is 30.3 Å². The monoisotopic (exact) mass is 360 g/mol. The van der Waals surface area contributed by atoms with E-state index in [-0.39, 0.29) is 10.7 Å². The Morgan fingerprint density at radius 1 is 1.12 bits per heavy atom. The summed E-state index contributed by atoms with van der Waals surface area (Å²) >= 11 is 6.09. The van der Waals surface area contributed by atoms with Gasteiger partial charge in [-0.15, -0.1) is 0 Å². The molecule has 3 rings (SSSR count). The van der Waals surface area contributed by atoms with Crippen LogP contribution in [0.4, 0.5) is 10.1 Å². The van der Waals surface area contributed by atoms with E-state index in [1.165, 1.54) is 26.4 Å². The van der Waals surface area contributed by atoms with Gasteiger partial charge in [0.25, 0.3) is 5.91 Å². The molecular weight excluding hydrogens is 347 g/mol. The van der Waals surface area contributed by atoms with Crippen LogP contribution >= 0.6 is 11.6 Å². The third-order valence-electron chi connectivity index (χ3n) is 3.63. The first-order chi connectivity index (χ1) is 12.0. The Labute approximate surface area is 148 Å². The van der Waals surface area contributed by atoms with Crippen molar-refractivity contribution in [2.24, 2.45) is 0 Å². The minimum Gasteiger partial charge on any atom is -0.497 e. The number of ether oxygens (including phenoxy) is 2. The number of hydrogen-bond donors (Lipinski definition) is 1. The maximum Gasteiger partial charge on any atom is 0.258 e. The van der Waals surface area contributed by atoms with E-state index < -0.39 is 11.7 Å². The number of nitrogens with zero attached hydrogens (tertiary/aromatic N) is 1. The summed E-state index contributed by atoms with van der Waals surface area (Å²) in [7, 11) is 3.03. The number of aromatic nitrogens is 1. The number of hydrogen-bond acceptors (Lipinski definition) is 4. The molecule has 128 valence electrons. The van der Waals surface area contributed by atoms with Gasteiger partial charge in [-0.2, -0.15) is 0 Å². The zero-order valence-corrected chi connectivity index (χ0v) is 14.2. The van der Waals surface area contributed by atoms with Crippen molar-refractivity contribution < 1.29 is 18.7 Å². The van der Waals surface area contributed by atoms with Gasteiger partial charge >= 0.3 is 0 Å². The molecular formula is C18H14ClFN2O3. The van der Waals surface area contributed by atoms with E-state index in [2.05, 4.69) is 10.3 Å². The van der Waals surface area contributed by atoms with Crippen LogP contribution in [0.5, 0.6) is 11.5 Å². The van der Waals surface area contributed by atoms with Crippen LogP contribution in [-0.4, -0.2) is 25.1 Å². The summed E-state index contributed by atoms with van der Waals surface area (Å²) in [6.45, 7) is 0. The first-order valence-electron chi connectivity index (χ1n) is 7.31. The maximum absolute atomic E-state index is 13.3. The first-order valence-corrected chi connectivity index (χ1v) is 7.69. The Balaban J connectivity index is 1.95. The number of benzene rings is 2. The van der Waals surface area contributed by atoms with Crippen molar-refractivity contribution in [2.75, 3.05) is 19.5 Å². The van der Waals surface area contributed by atoms with Crippen molar-refractivity contribution in [1.82, 2.24) is 4.98 Å². The standard InChI is InChI=1S/C18H14ClFN2O3/c1-24-12-5-6-14(16(9-12)25-2)22-18(23)13-7-10-3-4-11(20)8-15(10)21-17(13)19/h3-9H,1-2H3,(H,22,23). The molecule has 0 saturated carbocycles. The molecule has 0 aliphatic heterocycles. The molecule has 0 unspecified atom stereocenters. The number of anilines is 1. The third-order valence-corrected chi connectivity index (χ3v) is 3.92. The molecule has 3 aromatic rings. The van der Waals surface area contributed by atoms with E-state index in [0.29, 0.717) is 28.1 Å². The molecule has 0 radical (unpaired) electrons. The van der Waals surface area contributed by atoms with E-state index in [0.717, 1.165) is 0 Å². The van der Waals surface area contributed by atoms with Crippen molar-refractivity contribution in [3.05, 3.63) is 59.0 Å². The molecule has 1 heterocycles. The fraction of sp³-hybridized carbons (Fsp3) is 0.111. The Morgan fingerprint density at radius 2 is 1.92 bits per heavy atom. The summed E-state index contributed by atoms with van der Waals surface area (Å²) < 4.78 is 23.7. The highest BCUT2D eigenvalue weighted by Gasteiger charge is 2.16. The highest BCUT2D eigenvalue weighted by atomic mass is 35.5. The third kappa shape index (κ3) is 3.49. The van der Waals surface area contributed by atoms with Gasteiger partial charge < -0.3 is 14.8 Å². The summed E-state index contributed by atoms with van der Waals surface area (Å²) in [4.78, 5) is 16.7. The van der Waals surface area contributed by atoms with Crippen LogP contribution in [0, 0.1) is 5.82 Å². The van der Waals surface area contributed by atoms with Crippen molar-refractivity contribution in [2.45, 2.75) is 0 Å². The summed E-state index contributed by atoms with van der Waals surface area (Å²) in [6.07, 6.45) is 0. The number of amides is 1. The van der Waals surface area contributed by atoms with Gasteiger partial charge in [-0.05, 0) is 30.3 Å². The largest absolute Gasteiger partial charge is 0.497 e. The van der Waals surface area contributed by atoms with E-state index in [4.69, 9.17) is 21.1 Å². The summed E-state index contributed by atoms with van der Waals surface area (Å²) in [5.41, 5.74) is 1.02. The van der Waals surface area contributed by atoms with E-state index in [9.17, 15) is 9.18 Å². The van der Waals surface area contributed by atoms with Gasteiger partial charge in [0.1, 0.15) is 22.5 Å². The van der Waals surface area contributed by atoms with E-state index in [1.807, 2.05) is 0 Å². The number of carbonyl (C=O) groups is 1. The average Bonchev–Trinajstić information content (AvgIpc) is 2.61. The summed E-state index contributed by atoms with van der Waals surface area (Å²) in [5.74, 6) is 0.172. The zero-order chi connectivity index (χ0) is 18.0. The first kappa shape index (κ1) is 17.0. The van der Waals surface area contributed by atoms with Crippen molar-refractivity contribution in [3.63, 3.8) is 0 Å². The molecule has 1 aromatic heterocycles. The van der Waals surface area contributed by atoms with E-state index >= 15 is 0 Å². The molecule has 0 atom stereocenters. The molecule has 5 nitrogen and oxygen atoms in total. The second-order valence-corrected chi connectivity index (χ2v) is 5.54. The number of nitrogens with one attached hydrogen (secondary N) is 1. The predicted molar refractivity (Wildman–Crippen MR) is 94.2 cm³/mol. The maximum atomic E-state index is 13.3. The lowest BCUT2D eigenvalue weighted by Crippen LogP contribution is -2.14. The molecule has 7 heteroatoms. The highest BCUT2D eigenvalue weighted by molar-refractivity contribution is 6.33. The van der Waals surface area contributed by atoms with Crippen LogP contribution in [0.1, 0.15) is 10.4 Å². The van der Waals surface area contributed by atoms with Crippen LogP contribution in [0.2, 0.25) is 5.15 Å². The molecule has 0 aliphatic carbocycles. The second kappa shape index (κ2) is 6.94. The fourth-order valence-electron chi connectivity index (χ4n) is 2.37. The lowest BCUT2D eigenvalue weighted by molar-refractivity contribution is 0.102. The predicted octanol–water partition coefficient (Wildman–Crippen LogP) is 4.30. The lowest BCUT2D eigenvalue weighted by atomic mass is 10.1. The number of rotatable bonds is 4. The number of methoxy groups -OCH3 is 2. The van der Waals surface area contributed by atoms with Crippen LogP contribution in [-0.2, 0) is 0 Å². The van der Waals surface area contributed by atoms with Gasteiger partial charge in [-0.1, -0.05) is 11.6 Å². The van der Waals surface area contributed by atoms with Gasteiger partial charge in [0.15, 0.2) is 0 Å². The average molecular weight is 361 g/mol. The quantitative estimate of drug-likeness (QED) is 0.705. The van der Waals surface area contributed by atoms with Gasteiger partial charge in [-0.3, -0.25) is 4.79 Å². The molecule has 2 aromatic carbocycles. The van der Waals surface area contributed by atoms with Crippen LogP contribution < -0.4 is 14.8 Å². The Kier molecular flexibility index (Phi) is 4.72. The van der Waals surface area contributed by atoms with Crippen molar-refractivity contribution in [3.8, 4) is 11.5 Å². The van der Waals surface area contributed by atoms with Gasteiger partial charge in [0.2, 0.25) is 0 Å². The molecule has 0 aliphatic rings. The van der Waals surface area contributed by atoms with Crippen molar-refractivity contribution >= 4 is 34.1 Å². The molecule has 1 amide bonds. The van der Waals surface area contributed by atoms with Gasteiger partial charge in [0, 0.05) is 17.5 Å². The summed E-state index contributed by atoms with van der Waals surface area (Å²) in [5, 5.41) is 3.33. The topological polar surface area (TPSA) is 60.5 Å². The fourth-order valence-corrected chi connectivity index (χ4v) is 2.60. The van der Waals surface area contributed by atoms with Crippen LogP contribution in [0.3, 0.4) is 0 Å². The number of fused-ring (bicyclic) bond motifs is 1. The molecule has 0 fully saturated rings. The Hall–Kier alpha value is -2.86. The minimum atomic E-state index is -0.452. The van der Waals surface area contributed by atoms with Gasteiger partial charge in [-0.25, -0.2) is 9.37 Å². The highest BCUT2D eigenvalue weighted by Crippen LogP contribution is 2.30. The normalized spacial score (nSPS) is 10.6. The molecule has 25 heavy (non-hydrogen) atoms. The van der Waals surface area contributed by atoms with Gasteiger partial charge in [0.05, 0.1) is 31.0 Å². The molecule has 1 N–H and O–H groups in total. The zero-order valence-electron chi connectivity index (χ0n) is 13.5.